The zero-order valence-corrected chi connectivity index (χ0v) is 18.5. The molecule has 0 aliphatic carbocycles. The Bertz CT molecular complexity index is 1480. The normalized spacial score (nSPS) is 11.7. The molecular formula is C28H24F2NO+. The predicted octanol–water partition coefficient (Wildman–Crippen LogP) is 7.45. The zero-order chi connectivity index (χ0) is 22.6. The lowest BCUT2D eigenvalue weighted by molar-refractivity contribution is -0.660. The Balaban J connectivity index is 1.88. The van der Waals surface area contributed by atoms with Gasteiger partial charge in [0.05, 0.1) is 16.5 Å². The van der Waals surface area contributed by atoms with E-state index in [9.17, 15) is 4.39 Å². The fraction of sp³-hybridized carbons (Fsp3) is 0.179. The van der Waals surface area contributed by atoms with Crippen molar-refractivity contribution in [2.24, 2.45) is 7.05 Å². The van der Waals surface area contributed by atoms with Gasteiger partial charge in [-0.3, -0.25) is 0 Å². The van der Waals surface area contributed by atoms with Crippen molar-refractivity contribution in [3.05, 3.63) is 89.6 Å². The molecule has 0 bridgehead atoms. The van der Waals surface area contributed by atoms with Gasteiger partial charge in [-0.2, -0.15) is 0 Å². The number of rotatable bonds is 3. The van der Waals surface area contributed by atoms with Crippen LogP contribution in [0.25, 0.3) is 44.3 Å². The molecule has 0 aliphatic heterocycles. The summed E-state index contributed by atoms with van der Waals surface area (Å²) in [6.07, 6.45) is 2.09. The smallest absolute Gasteiger partial charge is 0.216 e. The summed E-state index contributed by atoms with van der Waals surface area (Å²) in [5, 5.41) is 0.950. The Kier molecular flexibility index (Phi) is 4.81. The van der Waals surface area contributed by atoms with E-state index < -0.39 is 5.82 Å². The highest BCUT2D eigenvalue weighted by molar-refractivity contribution is 6.13. The number of furan rings is 1. The molecule has 5 aromatic rings. The minimum Gasteiger partial charge on any atom is -0.454 e. The van der Waals surface area contributed by atoms with E-state index in [1.165, 1.54) is 17.7 Å². The largest absolute Gasteiger partial charge is 0.454 e. The SMILES string of the molecule is Cc1cc(F)c2c(oc3c(-c4ccccc4)c(F)ccc32)c1-c1ccc(C(C)C)c[n+]1C. The summed E-state index contributed by atoms with van der Waals surface area (Å²) in [6.45, 7) is 6.17. The number of pyridine rings is 1. The molecule has 160 valence electrons. The number of hydrogen-bond donors (Lipinski definition) is 0. The summed E-state index contributed by atoms with van der Waals surface area (Å²) in [6, 6.07) is 17.9. The molecule has 32 heavy (non-hydrogen) atoms. The second-order valence-corrected chi connectivity index (χ2v) is 8.63. The van der Waals surface area contributed by atoms with Crippen molar-refractivity contribution in [3.8, 4) is 22.4 Å². The molecule has 2 aromatic heterocycles. The molecule has 0 saturated heterocycles. The lowest BCUT2D eigenvalue weighted by Gasteiger charge is -2.09. The second kappa shape index (κ2) is 7.56. The highest BCUT2D eigenvalue weighted by atomic mass is 19.1. The molecule has 0 aliphatic rings. The van der Waals surface area contributed by atoms with E-state index in [4.69, 9.17) is 4.42 Å². The van der Waals surface area contributed by atoms with Gasteiger partial charge in [0.25, 0.3) is 0 Å². The van der Waals surface area contributed by atoms with Crippen LogP contribution >= 0.6 is 0 Å². The Morgan fingerprint density at radius 3 is 2.28 bits per heavy atom. The van der Waals surface area contributed by atoms with Crippen molar-refractivity contribution >= 4 is 21.9 Å². The van der Waals surface area contributed by atoms with E-state index in [2.05, 4.69) is 26.1 Å². The van der Waals surface area contributed by atoms with Gasteiger partial charge in [0.2, 0.25) is 5.69 Å². The summed E-state index contributed by atoms with van der Waals surface area (Å²) in [7, 11) is 1.98. The monoisotopic (exact) mass is 428 g/mol. The third-order valence-corrected chi connectivity index (χ3v) is 6.15. The van der Waals surface area contributed by atoms with Gasteiger partial charge in [-0.25, -0.2) is 13.3 Å². The first kappa shape index (κ1) is 20.4. The van der Waals surface area contributed by atoms with E-state index in [1.54, 1.807) is 6.07 Å². The van der Waals surface area contributed by atoms with Gasteiger partial charge in [0.15, 0.2) is 11.8 Å². The molecule has 0 unspecified atom stereocenters. The number of fused-ring (bicyclic) bond motifs is 3. The summed E-state index contributed by atoms with van der Waals surface area (Å²) in [4.78, 5) is 0. The van der Waals surface area contributed by atoms with Gasteiger partial charge >= 0.3 is 0 Å². The van der Waals surface area contributed by atoms with E-state index in [-0.39, 0.29) is 5.82 Å². The average Bonchev–Trinajstić information content (AvgIpc) is 3.14. The van der Waals surface area contributed by atoms with Gasteiger partial charge in [-0.15, -0.1) is 0 Å². The Hall–Kier alpha value is -3.53. The fourth-order valence-corrected chi connectivity index (χ4v) is 4.49. The average molecular weight is 429 g/mol. The van der Waals surface area contributed by atoms with E-state index in [0.717, 1.165) is 16.8 Å². The third-order valence-electron chi connectivity index (χ3n) is 6.15. The standard InChI is InChI=1S/C28H24F2NO/c1-16(2)19-10-13-23(31(4)15-19)24-17(3)14-22(30)26-20-11-12-21(29)25(27(20)32-28(24)26)18-8-6-5-7-9-18/h5-16H,1-4H3/q+1. The van der Waals surface area contributed by atoms with E-state index in [0.29, 0.717) is 39.0 Å². The number of aryl methyl sites for hydroxylation is 2. The predicted molar refractivity (Wildman–Crippen MR) is 125 cm³/mol. The summed E-state index contributed by atoms with van der Waals surface area (Å²) in [5.41, 5.74) is 5.55. The van der Waals surface area contributed by atoms with Crippen molar-refractivity contribution in [2.75, 3.05) is 0 Å². The number of hydrogen-bond acceptors (Lipinski definition) is 1. The highest BCUT2D eigenvalue weighted by Crippen LogP contribution is 2.42. The van der Waals surface area contributed by atoms with Crippen LogP contribution in [-0.2, 0) is 7.05 Å². The van der Waals surface area contributed by atoms with Gasteiger partial charge in [-0.05, 0) is 48.2 Å². The number of nitrogens with zero attached hydrogens (tertiary/aromatic N) is 1. The van der Waals surface area contributed by atoms with Crippen LogP contribution in [0.15, 0.2) is 71.3 Å². The van der Waals surface area contributed by atoms with Crippen molar-refractivity contribution in [3.63, 3.8) is 0 Å². The van der Waals surface area contributed by atoms with Crippen molar-refractivity contribution in [2.45, 2.75) is 26.7 Å². The van der Waals surface area contributed by atoms with Gasteiger partial charge in [0, 0.05) is 17.0 Å². The molecule has 2 nitrogen and oxygen atoms in total. The first-order valence-corrected chi connectivity index (χ1v) is 10.8. The highest BCUT2D eigenvalue weighted by Gasteiger charge is 2.26. The van der Waals surface area contributed by atoms with Crippen LogP contribution in [0.5, 0.6) is 0 Å². The molecule has 5 rings (SSSR count). The lowest BCUT2D eigenvalue weighted by Crippen LogP contribution is -2.31. The molecule has 0 fully saturated rings. The van der Waals surface area contributed by atoms with Gasteiger partial charge in [-0.1, -0.05) is 44.2 Å². The molecule has 2 heterocycles. The van der Waals surface area contributed by atoms with E-state index in [1.807, 2.05) is 54.9 Å². The minimum absolute atomic E-state index is 0.349. The summed E-state index contributed by atoms with van der Waals surface area (Å²) in [5.74, 6) is -0.368. The Morgan fingerprint density at radius 2 is 1.59 bits per heavy atom. The zero-order valence-electron chi connectivity index (χ0n) is 18.5. The molecular weight excluding hydrogens is 404 g/mol. The molecule has 0 atom stereocenters. The molecule has 3 aromatic carbocycles. The number of benzene rings is 3. The van der Waals surface area contributed by atoms with Crippen molar-refractivity contribution in [1.82, 2.24) is 0 Å². The molecule has 0 saturated carbocycles. The van der Waals surface area contributed by atoms with E-state index >= 15 is 4.39 Å². The van der Waals surface area contributed by atoms with Crippen molar-refractivity contribution in [1.29, 1.82) is 0 Å². The van der Waals surface area contributed by atoms with Gasteiger partial charge in [0.1, 0.15) is 24.3 Å². The topological polar surface area (TPSA) is 17.0 Å². The van der Waals surface area contributed by atoms with Crippen LogP contribution in [0.1, 0.15) is 30.9 Å². The first-order valence-electron chi connectivity index (χ1n) is 10.8. The van der Waals surface area contributed by atoms with Crippen LogP contribution in [-0.4, -0.2) is 0 Å². The van der Waals surface area contributed by atoms with Crippen LogP contribution in [0.3, 0.4) is 0 Å². The quantitative estimate of drug-likeness (QED) is 0.273. The van der Waals surface area contributed by atoms with Gasteiger partial charge < -0.3 is 4.42 Å². The molecule has 0 radical (unpaired) electrons. The molecule has 0 spiro atoms. The first-order chi connectivity index (χ1) is 15.4. The van der Waals surface area contributed by atoms with Crippen LogP contribution in [0.4, 0.5) is 8.78 Å². The number of aromatic nitrogens is 1. The maximum absolute atomic E-state index is 15.3. The van der Waals surface area contributed by atoms with Crippen LogP contribution < -0.4 is 4.57 Å². The second-order valence-electron chi connectivity index (χ2n) is 8.63. The van der Waals surface area contributed by atoms with Crippen LogP contribution in [0.2, 0.25) is 0 Å². The van der Waals surface area contributed by atoms with Crippen LogP contribution in [0, 0.1) is 18.6 Å². The Morgan fingerprint density at radius 1 is 0.844 bits per heavy atom. The lowest BCUT2D eigenvalue weighted by atomic mass is 9.97. The van der Waals surface area contributed by atoms with Crippen molar-refractivity contribution < 1.29 is 17.8 Å². The molecule has 0 amide bonds. The maximum Gasteiger partial charge on any atom is 0.216 e. The Labute approximate surface area is 185 Å². The number of halogens is 2. The minimum atomic E-state index is -0.395. The summed E-state index contributed by atoms with van der Waals surface area (Å²) < 4.78 is 38.6. The third kappa shape index (κ3) is 3.10. The molecule has 0 N–H and O–H groups in total. The fourth-order valence-electron chi connectivity index (χ4n) is 4.49. The molecule has 4 heteroatoms. The summed E-state index contributed by atoms with van der Waals surface area (Å²) >= 11 is 0. The maximum atomic E-state index is 15.3.